The zero-order valence-corrected chi connectivity index (χ0v) is 23.9. The molecule has 0 fully saturated rings. The average Bonchev–Trinajstić information content (AvgIpc) is 3.40. The van der Waals surface area contributed by atoms with Gasteiger partial charge in [-0.15, -0.1) is 0 Å². The Hall–Kier alpha value is -2.24. The molecule has 0 saturated carbocycles. The first kappa shape index (κ1) is 22.0. The third-order valence-electron chi connectivity index (χ3n) is 9.50. The third kappa shape index (κ3) is 2.88. The summed E-state index contributed by atoms with van der Waals surface area (Å²) in [5.41, 5.74) is 13.6. The van der Waals surface area contributed by atoms with Gasteiger partial charge in [0.05, 0.1) is 0 Å². The molecule has 7 rings (SSSR count). The second-order valence-corrected chi connectivity index (χ2v) is 23.2. The molecule has 2 unspecified atom stereocenters. The molecule has 0 radical (unpaired) electrons. The zero-order chi connectivity index (χ0) is 23.9. The van der Waals surface area contributed by atoms with Gasteiger partial charge in [-0.25, -0.2) is 0 Å². The van der Waals surface area contributed by atoms with E-state index in [4.69, 9.17) is 0 Å². The molecule has 2 atom stereocenters. The standard InChI is InChI=1S/C32H28.2CH3.Zr/c1-3-21-19-25-15-13-23-9-5-7-11-27(23)31(25)29(21)17-18-30-22(4-2)20-26-16-14-24-10-6-8-12-28(24)32(26)30;;;/h5-16,19-20H,3-4,17-18H2,1-2H3;2*1H3;. The fraction of sp³-hybridized carbons (Fsp3) is 0.294. The van der Waals surface area contributed by atoms with Crippen molar-refractivity contribution in [1.29, 1.82) is 0 Å². The fourth-order valence-electron chi connectivity index (χ4n) is 8.30. The van der Waals surface area contributed by atoms with Crippen molar-refractivity contribution < 1.29 is 20.3 Å². The summed E-state index contributed by atoms with van der Waals surface area (Å²) in [6.45, 7) is 4.85. The van der Waals surface area contributed by atoms with Crippen LogP contribution in [-0.2, 0) is 20.3 Å². The predicted molar refractivity (Wildman–Crippen MR) is 149 cm³/mol. The molecule has 1 aliphatic heterocycles. The van der Waals surface area contributed by atoms with Crippen LogP contribution < -0.4 is 0 Å². The van der Waals surface area contributed by atoms with Crippen molar-refractivity contribution in [2.75, 3.05) is 0 Å². The molecule has 0 amide bonds. The van der Waals surface area contributed by atoms with Gasteiger partial charge in [-0.1, -0.05) is 0 Å². The van der Waals surface area contributed by atoms with Crippen LogP contribution >= 0.6 is 0 Å². The molecule has 2 aliphatic carbocycles. The molecule has 4 aromatic rings. The van der Waals surface area contributed by atoms with Crippen molar-refractivity contribution in [1.82, 2.24) is 0 Å². The van der Waals surface area contributed by atoms with Gasteiger partial charge in [0.1, 0.15) is 0 Å². The Balaban J connectivity index is 1.55. The number of benzene rings is 4. The van der Waals surface area contributed by atoms with Crippen LogP contribution in [-0.4, -0.2) is 0 Å². The summed E-state index contributed by atoms with van der Waals surface area (Å²) in [6, 6.07) is 28.1. The molecule has 174 valence electrons. The van der Waals surface area contributed by atoms with Crippen LogP contribution in [0.4, 0.5) is 0 Å². The van der Waals surface area contributed by atoms with Crippen LogP contribution in [0.5, 0.6) is 0 Å². The molecule has 1 heterocycles. The summed E-state index contributed by atoms with van der Waals surface area (Å²) < 4.78 is 6.91. The van der Waals surface area contributed by atoms with Gasteiger partial charge in [0, 0.05) is 0 Å². The van der Waals surface area contributed by atoms with E-state index in [9.17, 15) is 0 Å². The summed E-state index contributed by atoms with van der Waals surface area (Å²) in [4.78, 5) is 0. The van der Waals surface area contributed by atoms with Gasteiger partial charge < -0.3 is 0 Å². The van der Waals surface area contributed by atoms with E-state index >= 15 is 0 Å². The van der Waals surface area contributed by atoms with Crippen LogP contribution in [0, 0.1) is 0 Å². The summed E-state index contributed by atoms with van der Waals surface area (Å²) in [6.07, 6.45) is 4.74. The maximum absolute atomic E-state index is 2.83. The first-order valence-corrected chi connectivity index (χ1v) is 21.3. The third-order valence-corrected chi connectivity index (χ3v) is 20.1. The molecule has 4 bridgehead atoms. The minimum absolute atomic E-state index is 0.673. The van der Waals surface area contributed by atoms with E-state index in [-0.39, 0.29) is 0 Å². The normalized spacial score (nSPS) is 22.3. The molecule has 3 aliphatic rings. The summed E-state index contributed by atoms with van der Waals surface area (Å²) in [7, 11) is 0. The van der Waals surface area contributed by atoms with E-state index in [1.165, 1.54) is 47.2 Å². The van der Waals surface area contributed by atoms with Crippen molar-refractivity contribution in [3.05, 3.63) is 106 Å². The van der Waals surface area contributed by atoms with Crippen LogP contribution in [0.3, 0.4) is 0 Å². The molecular weight excluding hydrogens is 500 g/mol. The van der Waals surface area contributed by atoms with Crippen LogP contribution in [0.25, 0.3) is 32.7 Å². The van der Waals surface area contributed by atoms with Crippen LogP contribution in [0.1, 0.15) is 69.0 Å². The fourth-order valence-corrected chi connectivity index (χ4v) is 20.5. The molecule has 4 aromatic carbocycles. The summed E-state index contributed by atoms with van der Waals surface area (Å²) in [5.74, 6) is 0. The first-order valence-electron chi connectivity index (χ1n) is 13.5. The van der Waals surface area contributed by atoms with Gasteiger partial charge in [-0.3, -0.25) is 0 Å². The van der Waals surface area contributed by atoms with E-state index in [2.05, 4.69) is 95.9 Å². The Morgan fingerprint density at radius 2 is 1.03 bits per heavy atom. The van der Waals surface area contributed by atoms with E-state index in [1.54, 1.807) is 44.5 Å². The van der Waals surface area contributed by atoms with Crippen molar-refractivity contribution in [3.8, 4) is 0 Å². The Kier molecular flexibility index (Phi) is 4.95. The Labute approximate surface area is 214 Å². The molecule has 0 nitrogen and oxygen atoms in total. The van der Waals surface area contributed by atoms with Crippen molar-refractivity contribution in [3.63, 3.8) is 0 Å². The zero-order valence-electron chi connectivity index (χ0n) is 21.4. The quantitative estimate of drug-likeness (QED) is 0.240. The van der Waals surface area contributed by atoms with Gasteiger partial charge in [0.15, 0.2) is 0 Å². The van der Waals surface area contributed by atoms with Crippen molar-refractivity contribution in [2.24, 2.45) is 0 Å². The van der Waals surface area contributed by atoms with Crippen LogP contribution in [0.2, 0.25) is 9.26 Å². The number of allylic oxidation sites excluding steroid dienone is 4. The van der Waals surface area contributed by atoms with E-state index in [0.717, 1.165) is 0 Å². The minimum atomic E-state index is -2.83. The van der Waals surface area contributed by atoms with E-state index < -0.39 is 20.3 Å². The molecular formula is C34H34Zr. The SMILES string of the molecule is CCC1=C2CCC3=C(CC)[CH](c4ccc5ccccc5c43)[Zr]([CH3])([CH3])[CH]1c1ccc3ccccc3c12. The van der Waals surface area contributed by atoms with E-state index in [0.29, 0.717) is 7.25 Å². The van der Waals surface area contributed by atoms with Gasteiger partial charge in [-0.2, -0.15) is 0 Å². The van der Waals surface area contributed by atoms with Gasteiger partial charge in [0.2, 0.25) is 0 Å². The number of hydrogen-bond acceptors (Lipinski definition) is 0. The maximum atomic E-state index is 2.78. The summed E-state index contributed by atoms with van der Waals surface area (Å²) in [5, 5.41) is 5.76. The molecule has 35 heavy (non-hydrogen) atoms. The monoisotopic (exact) mass is 532 g/mol. The molecule has 0 N–H and O–H groups in total. The Bertz CT molecular complexity index is 1480. The first-order chi connectivity index (χ1) is 17.1. The summed E-state index contributed by atoms with van der Waals surface area (Å²) >= 11 is -2.83. The molecule has 0 spiro atoms. The Morgan fingerprint density at radius 3 is 1.46 bits per heavy atom. The number of fused-ring (bicyclic) bond motifs is 12. The van der Waals surface area contributed by atoms with Crippen LogP contribution in [0.15, 0.2) is 83.9 Å². The van der Waals surface area contributed by atoms with Crippen molar-refractivity contribution in [2.45, 2.75) is 56.0 Å². The van der Waals surface area contributed by atoms with Gasteiger partial charge in [0.25, 0.3) is 0 Å². The molecule has 0 saturated heterocycles. The number of rotatable bonds is 2. The Morgan fingerprint density at radius 1 is 0.600 bits per heavy atom. The molecule has 0 aromatic heterocycles. The second-order valence-electron chi connectivity index (χ2n) is 11.4. The van der Waals surface area contributed by atoms with Gasteiger partial charge in [-0.05, 0) is 0 Å². The predicted octanol–water partition coefficient (Wildman–Crippen LogP) is 10.2. The average molecular weight is 534 g/mol. The molecule has 1 heteroatoms. The second kappa shape index (κ2) is 7.88. The van der Waals surface area contributed by atoms with Crippen molar-refractivity contribution >= 4 is 32.7 Å². The number of hydrogen-bond donors (Lipinski definition) is 0. The van der Waals surface area contributed by atoms with E-state index in [1.807, 2.05) is 0 Å². The topological polar surface area (TPSA) is 0 Å². The van der Waals surface area contributed by atoms with Gasteiger partial charge >= 0.3 is 215 Å².